The fraction of sp³-hybridized carbons (Fsp3) is 0.385. The molecular formula is C13H15N3O2. The molecule has 0 bridgehead atoms. The molecule has 0 aromatic carbocycles. The smallest absolute Gasteiger partial charge is 0.311 e. The van der Waals surface area contributed by atoms with Crippen LogP contribution in [0, 0.1) is 5.41 Å². The maximum atomic E-state index is 11.5. The Kier molecular flexibility index (Phi) is 2.56. The quantitative estimate of drug-likeness (QED) is 0.844. The van der Waals surface area contributed by atoms with Gasteiger partial charge in [-0.2, -0.15) is 0 Å². The molecule has 1 saturated heterocycles. The summed E-state index contributed by atoms with van der Waals surface area (Å²) in [5.74, 6) is -0.732. The van der Waals surface area contributed by atoms with Gasteiger partial charge in [0.1, 0.15) is 5.65 Å². The molecule has 0 amide bonds. The van der Waals surface area contributed by atoms with Crippen LogP contribution in [0.15, 0.2) is 30.6 Å². The van der Waals surface area contributed by atoms with Crippen LogP contribution in [-0.2, 0) is 11.2 Å². The van der Waals surface area contributed by atoms with Crippen LogP contribution in [0.25, 0.3) is 5.65 Å². The minimum atomic E-state index is -0.732. The summed E-state index contributed by atoms with van der Waals surface area (Å²) in [7, 11) is 0. The Hall–Kier alpha value is -1.88. The first-order valence-corrected chi connectivity index (χ1v) is 6.06. The first-order chi connectivity index (χ1) is 8.70. The average Bonchev–Trinajstić information content (AvgIpc) is 2.95. The summed E-state index contributed by atoms with van der Waals surface area (Å²) < 4.78 is 1.92. The zero-order valence-corrected chi connectivity index (χ0v) is 9.97. The summed E-state index contributed by atoms with van der Waals surface area (Å²) >= 11 is 0. The van der Waals surface area contributed by atoms with Crippen molar-refractivity contribution in [1.29, 1.82) is 0 Å². The SMILES string of the molecule is O=C(O)C1(Cc2cn3ccccc3n2)CCNC1. The van der Waals surface area contributed by atoms with Crippen LogP contribution in [0.4, 0.5) is 0 Å². The number of fused-ring (bicyclic) bond motifs is 1. The lowest BCUT2D eigenvalue weighted by molar-refractivity contribution is -0.147. The van der Waals surface area contributed by atoms with E-state index >= 15 is 0 Å². The van der Waals surface area contributed by atoms with Gasteiger partial charge in [0.2, 0.25) is 0 Å². The molecule has 1 fully saturated rings. The van der Waals surface area contributed by atoms with Crippen LogP contribution in [0.3, 0.4) is 0 Å². The van der Waals surface area contributed by atoms with E-state index in [-0.39, 0.29) is 0 Å². The van der Waals surface area contributed by atoms with Crippen LogP contribution < -0.4 is 5.32 Å². The minimum absolute atomic E-state index is 0.483. The van der Waals surface area contributed by atoms with E-state index in [1.807, 2.05) is 35.0 Å². The second-order valence-corrected chi connectivity index (χ2v) is 4.89. The number of aromatic nitrogens is 2. The summed E-state index contributed by atoms with van der Waals surface area (Å²) in [6.07, 6.45) is 4.98. The van der Waals surface area contributed by atoms with Gasteiger partial charge in [-0.25, -0.2) is 4.98 Å². The molecule has 1 aliphatic heterocycles. The monoisotopic (exact) mass is 245 g/mol. The molecule has 2 aromatic rings. The third-order valence-corrected chi connectivity index (χ3v) is 3.63. The van der Waals surface area contributed by atoms with Gasteiger partial charge in [0, 0.05) is 25.4 Å². The van der Waals surface area contributed by atoms with Crippen LogP contribution in [0.5, 0.6) is 0 Å². The second-order valence-electron chi connectivity index (χ2n) is 4.89. The molecule has 1 atom stereocenters. The number of nitrogens with zero attached hydrogens (tertiary/aromatic N) is 2. The number of carboxylic acid groups (broad SMARTS) is 1. The van der Waals surface area contributed by atoms with Gasteiger partial charge in [-0.1, -0.05) is 6.07 Å². The summed E-state index contributed by atoms with van der Waals surface area (Å²) in [6, 6.07) is 5.78. The highest BCUT2D eigenvalue weighted by Gasteiger charge is 2.41. The van der Waals surface area contributed by atoms with E-state index in [1.165, 1.54) is 0 Å². The van der Waals surface area contributed by atoms with Gasteiger partial charge in [0.25, 0.3) is 0 Å². The number of carbonyl (C=O) groups is 1. The Balaban J connectivity index is 1.93. The van der Waals surface area contributed by atoms with Gasteiger partial charge in [-0.15, -0.1) is 0 Å². The van der Waals surface area contributed by atoms with Gasteiger partial charge in [0.05, 0.1) is 11.1 Å². The molecule has 0 spiro atoms. The molecule has 1 unspecified atom stereocenters. The molecule has 94 valence electrons. The van der Waals surface area contributed by atoms with Crippen molar-refractivity contribution in [2.45, 2.75) is 12.8 Å². The Labute approximate surface area is 104 Å². The van der Waals surface area contributed by atoms with Crippen molar-refractivity contribution in [3.63, 3.8) is 0 Å². The molecule has 5 heteroatoms. The van der Waals surface area contributed by atoms with E-state index in [9.17, 15) is 9.90 Å². The van der Waals surface area contributed by atoms with Crippen LogP contribution in [0.2, 0.25) is 0 Å². The third kappa shape index (κ3) is 1.76. The van der Waals surface area contributed by atoms with Crippen molar-refractivity contribution in [2.24, 2.45) is 5.41 Å². The Morgan fingerprint density at radius 1 is 1.56 bits per heavy atom. The van der Waals surface area contributed by atoms with E-state index in [4.69, 9.17) is 0 Å². The van der Waals surface area contributed by atoms with Gasteiger partial charge in [0.15, 0.2) is 0 Å². The normalized spacial score (nSPS) is 23.6. The Morgan fingerprint density at radius 3 is 3.11 bits per heavy atom. The van der Waals surface area contributed by atoms with Crippen molar-refractivity contribution in [1.82, 2.24) is 14.7 Å². The molecule has 0 radical (unpaired) electrons. The lowest BCUT2D eigenvalue weighted by Crippen LogP contribution is -2.35. The zero-order chi connectivity index (χ0) is 12.6. The molecule has 3 rings (SSSR count). The molecule has 1 aliphatic rings. The number of pyridine rings is 1. The first kappa shape index (κ1) is 11.2. The van der Waals surface area contributed by atoms with Crippen molar-refractivity contribution >= 4 is 11.6 Å². The maximum absolute atomic E-state index is 11.5. The number of rotatable bonds is 3. The number of aliphatic carboxylic acids is 1. The minimum Gasteiger partial charge on any atom is -0.481 e. The van der Waals surface area contributed by atoms with E-state index in [0.717, 1.165) is 17.9 Å². The molecule has 3 heterocycles. The summed E-state index contributed by atoms with van der Waals surface area (Å²) in [5.41, 5.74) is 1.00. The fourth-order valence-electron chi connectivity index (χ4n) is 2.57. The van der Waals surface area contributed by atoms with E-state index in [1.54, 1.807) is 0 Å². The van der Waals surface area contributed by atoms with Crippen LogP contribution in [0.1, 0.15) is 12.1 Å². The Bertz CT molecular complexity index is 552. The highest BCUT2D eigenvalue weighted by molar-refractivity contribution is 5.76. The number of carboxylic acids is 1. The second kappa shape index (κ2) is 4.10. The molecule has 0 saturated carbocycles. The van der Waals surface area contributed by atoms with Gasteiger partial charge in [-0.05, 0) is 25.1 Å². The lowest BCUT2D eigenvalue weighted by atomic mass is 9.82. The molecule has 5 nitrogen and oxygen atoms in total. The largest absolute Gasteiger partial charge is 0.481 e. The first-order valence-electron chi connectivity index (χ1n) is 6.06. The molecule has 2 N–H and O–H groups in total. The molecule has 0 aliphatic carbocycles. The summed E-state index contributed by atoms with van der Waals surface area (Å²) in [6.45, 7) is 1.29. The number of hydrogen-bond acceptors (Lipinski definition) is 3. The summed E-state index contributed by atoms with van der Waals surface area (Å²) in [4.78, 5) is 15.9. The Morgan fingerprint density at radius 2 is 2.44 bits per heavy atom. The van der Waals surface area contributed by atoms with Gasteiger partial charge >= 0.3 is 5.97 Å². The van der Waals surface area contributed by atoms with Crippen LogP contribution in [-0.4, -0.2) is 33.6 Å². The predicted octanol–water partition coefficient (Wildman–Crippen LogP) is 0.941. The average molecular weight is 245 g/mol. The molecule has 18 heavy (non-hydrogen) atoms. The van der Waals surface area contributed by atoms with Gasteiger partial charge < -0.3 is 14.8 Å². The van der Waals surface area contributed by atoms with E-state index in [2.05, 4.69) is 10.3 Å². The van der Waals surface area contributed by atoms with Crippen molar-refractivity contribution in [2.75, 3.05) is 13.1 Å². The fourth-order valence-corrected chi connectivity index (χ4v) is 2.57. The third-order valence-electron chi connectivity index (χ3n) is 3.63. The van der Waals surface area contributed by atoms with Crippen molar-refractivity contribution in [3.05, 3.63) is 36.3 Å². The number of hydrogen-bond donors (Lipinski definition) is 2. The van der Waals surface area contributed by atoms with Gasteiger partial charge in [-0.3, -0.25) is 4.79 Å². The van der Waals surface area contributed by atoms with Crippen molar-refractivity contribution < 1.29 is 9.90 Å². The lowest BCUT2D eigenvalue weighted by Gasteiger charge is -2.21. The highest BCUT2D eigenvalue weighted by Crippen LogP contribution is 2.30. The number of imidazole rings is 1. The highest BCUT2D eigenvalue weighted by atomic mass is 16.4. The van der Waals surface area contributed by atoms with Crippen LogP contribution >= 0.6 is 0 Å². The predicted molar refractivity (Wildman–Crippen MR) is 66.5 cm³/mol. The maximum Gasteiger partial charge on any atom is 0.311 e. The standard InChI is InChI=1S/C13H15N3O2/c17-12(18)13(4-5-14-9-13)7-10-8-16-6-2-1-3-11(16)15-10/h1-3,6,8,14H,4-5,7,9H2,(H,17,18). The van der Waals surface area contributed by atoms with E-state index in [0.29, 0.717) is 19.4 Å². The number of nitrogens with one attached hydrogen (secondary N) is 1. The molecular weight excluding hydrogens is 230 g/mol. The van der Waals surface area contributed by atoms with E-state index < -0.39 is 11.4 Å². The molecule has 2 aromatic heterocycles. The zero-order valence-electron chi connectivity index (χ0n) is 9.97. The van der Waals surface area contributed by atoms with Crippen molar-refractivity contribution in [3.8, 4) is 0 Å². The summed E-state index contributed by atoms with van der Waals surface area (Å²) in [5, 5.41) is 12.6. The topological polar surface area (TPSA) is 66.6 Å².